The van der Waals surface area contributed by atoms with Gasteiger partial charge in [-0.15, -0.1) is 0 Å². The van der Waals surface area contributed by atoms with E-state index in [1.165, 1.54) is 7.11 Å². The van der Waals surface area contributed by atoms with Gasteiger partial charge in [0, 0.05) is 29.4 Å². The summed E-state index contributed by atoms with van der Waals surface area (Å²) in [4.78, 5) is 11.7. The second kappa shape index (κ2) is 8.03. The van der Waals surface area contributed by atoms with Gasteiger partial charge in [0.2, 0.25) is 10.0 Å². The molecule has 0 amide bonds. The third-order valence-electron chi connectivity index (χ3n) is 3.69. The van der Waals surface area contributed by atoms with Gasteiger partial charge in [0.25, 0.3) is 0 Å². The summed E-state index contributed by atoms with van der Waals surface area (Å²) in [6.07, 6.45) is 4.55. The van der Waals surface area contributed by atoms with E-state index in [1.807, 2.05) is 0 Å². The van der Waals surface area contributed by atoms with Crippen LogP contribution in [-0.4, -0.2) is 37.5 Å². The molecule has 0 radical (unpaired) electrons. The molecule has 0 aliphatic carbocycles. The summed E-state index contributed by atoms with van der Waals surface area (Å²) < 4.78 is 32.6. The lowest BCUT2D eigenvalue weighted by atomic mass is 9.93. The average Bonchev–Trinajstić information content (AvgIpc) is 2.98. The van der Waals surface area contributed by atoms with Gasteiger partial charge in [0.15, 0.2) is 0 Å². The number of ether oxygens (including phenoxy) is 1. The lowest BCUT2D eigenvalue weighted by Gasteiger charge is -2.21. The van der Waals surface area contributed by atoms with Crippen molar-refractivity contribution in [2.75, 3.05) is 13.4 Å². The number of carbonyl (C=O) groups is 1. The number of halogens is 1. The number of carbonyl (C=O) groups excluding carboxylic acids is 1. The van der Waals surface area contributed by atoms with E-state index in [0.29, 0.717) is 16.1 Å². The van der Waals surface area contributed by atoms with E-state index in [-0.39, 0.29) is 12.0 Å². The Morgan fingerprint density at radius 1 is 1.46 bits per heavy atom. The van der Waals surface area contributed by atoms with Crippen LogP contribution in [0.15, 0.2) is 42.7 Å². The predicted octanol–water partition coefficient (Wildman–Crippen LogP) is 2.45. The number of hydrogen-bond donors (Lipinski definition) is 1. The number of hydrogen-bond acceptors (Lipinski definition) is 5. The van der Waals surface area contributed by atoms with Crippen LogP contribution < -0.4 is 4.72 Å². The van der Waals surface area contributed by atoms with E-state index in [2.05, 4.69) is 21.1 Å². The fourth-order valence-electron chi connectivity index (χ4n) is 2.59. The highest BCUT2D eigenvalue weighted by Gasteiger charge is 2.23. The van der Waals surface area contributed by atoms with Gasteiger partial charge >= 0.3 is 5.97 Å². The summed E-state index contributed by atoms with van der Waals surface area (Å²) in [6, 6.07) is 4.39. The van der Waals surface area contributed by atoms with Crippen LogP contribution in [-0.2, 0) is 26.6 Å². The van der Waals surface area contributed by atoms with E-state index in [9.17, 15) is 13.2 Å². The molecule has 2 rings (SSSR count). The SMILES string of the molecule is C=C(CC(NS(C)(=O)=O)c1ccc(Cl)cc1-c1cnn(C)c1)C(=O)OC. The molecule has 140 valence electrons. The maximum Gasteiger partial charge on any atom is 0.333 e. The number of nitrogens with zero attached hydrogens (tertiary/aromatic N) is 2. The number of nitrogens with one attached hydrogen (secondary N) is 1. The van der Waals surface area contributed by atoms with Crippen LogP contribution in [0.4, 0.5) is 0 Å². The zero-order valence-electron chi connectivity index (χ0n) is 14.7. The number of benzene rings is 1. The molecule has 1 aromatic carbocycles. The number of aromatic nitrogens is 2. The summed E-state index contributed by atoms with van der Waals surface area (Å²) in [5, 5.41) is 4.64. The summed E-state index contributed by atoms with van der Waals surface area (Å²) in [5.41, 5.74) is 2.29. The van der Waals surface area contributed by atoms with Crippen molar-refractivity contribution in [3.63, 3.8) is 0 Å². The quantitative estimate of drug-likeness (QED) is 0.572. The van der Waals surface area contributed by atoms with Gasteiger partial charge in [-0.3, -0.25) is 4.68 Å². The highest BCUT2D eigenvalue weighted by molar-refractivity contribution is 7.88. The molecule has 0 aliphatic rings. The van der Waals surface area contributed by atoms with Gasteiger partial charge in [-0.1, -0.05) is 24.2 Å². The van der Waals surface area contributed by atoms with Crippen LogP contribution in [0.2, 0.25) is 5.02 Å². The fraction of sp³-hybridized carbons (Fsp3) is 0.294. The third-order valence-corrected chi connectivity index (χ3v) is 4.64. The number of aryl methyl sites for hydroxylation is 1. The standard InChI is InChI=1S/C17H20ClN3O4S/c1-11(17(22)25-3)7-16(20-26(4,23)24)14-6-5-13(18)8-15(14)12-9-19-21(2)10-12/h5-6,8-10,16,20H,1,7H2,2-4H3. The number of methoxy groups -OCH3 is 1. The van der Waals surface area contributed by atoms with Crippen LogP contribution in [0.1, 0.15) is 18.0 Å². The minimum Gasteiger partial charge on any atom is -0.466 e. The summed E-state index contributed by atoms with van der Waals surface area (Å²) in [5.74, 6) is -0.595. The first kappa shape index (κ1) is 20.2. The molecule has 2 aromatic rings. The van der Waals surface area contributed by atoms with E-state index in [1.54, 1.807) is 42.3 Å². The second-order valence-electron chi connectivity index (χ2n) is 5.88. The van der Waals surface area contributed by atoms with Crippen molar-refractivity contribution in [2.45, 2.75) is 12.5 Å². The van der Waals surface area contributed by atoms with Gasteiger partial charge in [-0.2, -0.15) is 5.10 Å². The number of esters is 1. The highest BCUT2D eigenvalue weighted by Crippen LogP contribution is 2.33. The van der Waals surface area contributed by atoms with E-state index in [4.69, 9.17) is 11.6 Å². The first-order valence-electron chi connectivity index (χ1n) is 7.62. The van der Waals surface area contributed by atoms with E-state index < -0.39 is 22.0 Å². The Balaban J connectivity index is 2.53. The largest absolute Gasteiger partial charge is 0.466 e. The molecule has 1 unspecified atom stereocenters. The fourth-order valence-corrected chi connectivity index (χ4v) is 3.49. The van der Waals surface area contributed by atoms with Gasteiger partial charge in [-0.25, -0.2) is 17.9 Å². The van der Waals surface area contributed by atoms with Crippen LogP contribution in [0, 0.1) is 0 Å². The molecule has 26 heavy (non-hydrogen) atoms. The van der Waals surface area contributed by atoms with Crippen molar-refractivity contribution in [1.29, 1.82) is 0 Å². The Kier molecular flexibility index (Phi) is 6.22. The monoisotopic (exact) mass is 397 g/mol. The molecule has 0 fully saturated rings. The molecule has 0 aliphatic heterocycles. The summed E-state index contributed by atoms with van der Waals surface area (Å²) in [6.45, 7) is 3.69. The molecule has 0 bridgehead atoms. The van der Waals surface area contributed by atoms with E-state index in [0.717, 1.165) is 11.8 Å². The van der Waals surface area contributed by atoms with Crippen LogP contribution in [0.3, 0.4) is 0 Å². The molecular formula is C17H20ClN3O4S. The van der Waals surface area contributed by atoms with Crippen molar-refractivity contribution in [3.8, 4) is 11.1 Å². The normalized spacial score (nSPS) is 12.6. The Morgan fingerprint density at radius 2 is 2.15 bits per heavy atom. The van der Waals surface area contributed by atoms with Crippen molar-refractivity contribution < 1.29 is 17.9 Å². The van der Waals surface area contributed by atoms with Gasteiger partial charge in [0.1, 0.15) is 0 Å². The van der Waals surface area contributed by atoms with Crippen LogP contribution in [0.25, 0.3) is 11.1 Å². The zero-order valence-corrected chi connectivity index (χ0v) is 16.3. The van der Waals surface area contributed by atoms with Crippen molar-refractivity contribution in [3.05, 3.63) is 53.3 Å². The Morgan fingerprint density at radius 3 is 2.69 bits per heavy atom. The number of rotatable bonds is 7. The molecule has 1 N–H and O–H groups in total. The lowest BCUT2D eigenvalue weighted by molar-refractivity contribution is -0.136. The van der Waals surface area contributed by atoms with Crippen LogP contribution >= 0.6 is 11.6 Å². The molecule has 1 aromatic heterocycles. The Bertz CT molecular complexity index is 937. The smallest absolute Gasteiger partial charge is 0.333 e. The molecule has 9 heteroatoms. The molecule has 0 saturated carbocycles. The third kappa shape index (κ3) is 5.17. The van der Waals surface area contributed by atoms with Crippen molar-refractivity contribution >= 4 is 27.6 Å². The van der Waals surface area contributed by atoms with Gasteiger partial charge < -0.3 is 4.74 Å². The Labute approximate surface area is 157 Å². The van der Waals surface area contributed by atoms with Crippen molar-refractivity contribution in [2.24, 2.45) is 7.05 Å². The first-order valence-corrected chi connectivity index (χ1v) is 9.89. The average molecular weight is 398 g/mol. The Hall–Kier alpha value is -2.16. The lowest BCUT2D eigenvalue weighted by Crippen LogP contribution is -2.29. The molecular weight excluding hydrogens is 378 g/mol. The molecule has 7 nitrogen and oxygen atoms in total. The molecule has 1 heterocycles. The van der Waals surface area contributed by atoms with Crippen LogP contribution in [0.5, 0.6) is 0 Å². The van der Waals surface area contributed by atoms with Gasteiger partial charge in [0.05, 0.1) is 25.6 Å². The van der Waals surface area contributed by atoms with Crippen molar-refractivity contribution in [1.82, 2.24) is 14.5 Å². The molecule has 1 atom stereocenters. The predicted molar refractivity (Wildman–Crippen MR) is 100 cm³/mol. The zero-order chi connectivity index (χ0) is 19.5. The minimum atomic E-state index is -3.55. The maximum absolute atomic E-state index is 11.9. The van der Waals surface area contributed by atoms with E-state index >= 15 is 0 Å². The second-order valence-corrected chi connectivity index (χ2v) is 8.09. The van der Waals surface area contributed by atoms with Gasteiger partial charge in [-0.05, 0) is 29.7 Å². The summed E-state index contributed by atoms with van der Waals surface area (Å²) in [7, 11) is -0.528. The maximum atomic E-state index is 11.9. The topological polar surface area (TPSA) is 90.3 Å². The highest BCUT2D eigenvalue weighted by atomic mass is 35.5. The first-order chi connectivity index (χ1) is 12.1. The molecule has 0 spiro atoms. The number of sulfonamides is 1. The summed E-state index contributed by atoms with van der Waals surface area (Å²) >= 11 is 6.13. The molecule has 0 saturated heterocycles. The minimum absolute atomic E-state index is 0.0502.